The van der Waals surface area contributed by atoms with E-state index in [-0.39, 0.29) is 12.8 Å². The highest BCUT2D eigenvalue weighted by Crippen LogP contribution is 2.65. The van der Waals surface area contributed by atoms with E-state index in [4.69, 9.17) is 34.8 Å². The normalized spacial score (nSPS) is 16.7. The molecule has 0 fully saturated rings. The molecular formula is C18H18Cl3F17. The van der Waals surface area contributed by atoms with Gasteiger partial charge in [-0.05, 0) is 6.42 Å². The van der Waals surface area contributed by atoms with Crippen molar-refractivity contribution in [3.63, 3.8) is 0 Å². The summed E-state index contributed by atoms with van der Waals surface area (Å²) in [6.45, 7) is 1.75. The zero-order valence-corrected chi connectivity index (χ0v) is 20.9. The lowest BCUT2D eigenvalue weighted by Gasteiger charge is -2.44. The molecule has 20 heteroatoms. The van der Waals surface area contributed by atoms with Gasteiger partial charge in [0, 0.05) is 0 Å². The fraction of sp³-hybridized carbons (Fsp3) is 1.00. The third kappa shape index (κ3) is 6.28. The summed E-state index contributed by atoms with van der Waals surface area (Å²) in [4.78, 5) is 0. The quantitative estimate of drug-likeness (QED) is 0.0986. The molecule has 0 aliphatic heterocycles. The lowest BCUT2D eigenvalue weighted by molar-refractivity contribution is -0.463. The Morgan fingerprint density at radius 1 is 0.447 bits per heavy atom. The number of halogens is 20. The van der Waals surface area contributed by atoms with Gasteiger partial charge in [0.2, 0.25) is 0 Å². The van der Waals surface area contributed by atoms with E-state index in [2.05, 4.69) is 0 Å². The van der Waals surface area contributed by atoms with Gasteiger partial charge in [-0.25, -0.2) is 0 Å². The van der Waals surface area contributed by atoms with Crippen LogP contribution in [0.25, 0.3) is 0 Å². The predicted octanol–water partition coefficient (Wildman–Crippen LogP) is 10.7. The van der Waals surface area contributed by atoms with Gasteiger partial charge in [0.1, 0.15) is 0 Å². The molecule has 0 radical (unpaired) electrons. The highest BCUT2D eigenvalue weighted by molar-refractivity contribution is 6.67. The van der Waals surface area contributed by atoms with E-state index < -0.39 is 70.2 Å². The fourth-order valence-corrected chi connectivity index (χ4v) is 3.81. The fourth-order valence-electron chi connectivity index (χ4n) is 3.07. The summed E-state index contributed by atoms with van der Waals surface area (Å²) >= 11 is 15.2. The minimum absolute atomic E-state index is 0.109. The van der Waals surface area contributed by atoms with Gasteiger partial charge in [-0.2, -0.15) is 74.6 Å². The zero-order valence-electron chi connectivity index (χ0n) is 18.6. The molecule has 0 aromatic heterocycles. The molecule has 1 atom stereocenters. The molecule has 0 bridgehead atoms. The maximum absolute atomic E-state index is 14.5. The van der Waals surface area contributed by atoms with Crippen molar-refractivity contribution in [2.45, 2.75) is 103 Å². The second-order valence-electron chi connectivity index (χ2n) is 8.22. The molecule has 0 aromatic carbocycles. The average Bonchev–Trinajstić information content (AvgIpc) is 2.70. The van der Waals surface area contributed by atoms with Crippen LogP contribution in [0.3, 0.4) is 0 Å². The van der Waals surface area contributed by atoms with Crippen LogP contribution in [0, 0.1) is 5.92 Å². The summed E-state index contributed by atoms with van der Waals surface area (Å²) in [5.41, 5.74) is 0. The van der Waals surface area contributed by atoms with Gasteiger partial charge in [-0.15, -0.1) is 0 Å². The minimum atomic E-state index is -8.70. The summed E-state index contributed by atoms with van der Waals surface area (Å²) in [7, 11) is 0. The van der Waals surface area contributed by atoms with Gasteiger partial charge in [-0.3, -0.25) is 0 Å². The molecule has 1 unspecified atom stereocenters. The predicted molar refractivity (Wildman–Crippen MR) is 102 cm³/mol. The molecular weight excluding hydrogens is 646 g/mol. The smallest absolute Gasteiger partial charge is 0.199 e. The van der Waals surface area contributed by atoms with Gasteiger partial charge >= 0.3 is 47.6 Å². The van der Waals surface area contributed by atoms with Gasteiger partial charge in [0.15, 0.2) is 3.79 Å². The van der Waals surface area contributed by atoms with Gasteiger partial charge in [0.05, 0.1) is 5.92 Å². The largest absolute Gasteiger partial charge is 0.460 e. The summed E-state index contributed by atoms with van der Waals surface area (Å²) in [6.07, 6.45) is -8.05. The van der Waals surface area contributed by atoms with Crippen LogP contribution >= 0.6 is 34.8 Å². The maximum atomic E-state index is 14.5. The minimum Gasteiger partial charge on any atom is -0.199 e. The van der Waals surface area contributed by atoms with E-state index in [1.165, 1.54) is 0 Å². The van der Waals surface area contributed by atoms with Crippen LogP contribution in [0.4, 0.5) is 74.6 Å². The van der Waals surface area contributed by atoms with Gasteiger partial charge in [0.25, 0.3) is 0 Å². The van der Waals surface area contributed by atoms with E-state index in [1.807, 2.05) is 0 Å². The van der Waals surface area contributed by atoms with Gasteiger partial charge < -0.3 is 0 Å². The van der Waals surface area contributed by atoms with Crippen molar-refractivity contribution in [1.29, 1.82) is 0 Å². The topological polar surface area (TPSA) is 0 Å². The Morgan fingerprint density at radius 2 is 0.763 bits per heavy atom. The third-order valence-electron chi connectivity index (χ3n) is 5.43. The molecule has 38 heavy (non-hydrogen) atoms. The van der Waals surface area contributed by atoms with Crippen LogP contribution < -0.4 is 0 Å². The van der Waals surface area contributed by atoms with Crippen molar-refractivity contribution < 1.29 is 74.6 Å². The first kappa shape index (κ1) is 37.7. The molecule has 0 saturated carbocycles. The lowest BCUT2D eigenvalue weighted by Crippen LogP contribution is -2.75. The molecule has 230 valence electrons. The molecule has 0 aliphatic rings. The highest BCUT2D eigenvalue weighted by Gasteiger charge is 2.95. The summed E-state index contributed by atoms with van der Waals surface area (Å²) in [5, 5.41) is 0. The SMILES string of the molecule is CCCCCCCCC(C(Cl)(Cl)Cl)C(F)(F)C(F)(F)C(F)(F)C(F)(F)C(F)(F)C(F)(F)C(F)(F)C(F)(F)F. The molecule has 0 aliphatic carbocycles. The van der Waals surface area contributed by atoms with E-state index in [1.54, 1.807) is 6.92 Å². The van der Waals surface area contributed by atoms with Crippen LogP contribution in [0.5, 0.6) is 0 Å². The number of hydrogen-bond acceptors (Lipinski definition) is 0. The summed E-state index contributed by atoms with van der Waals surface area (Å²) < 4.78 is 225. The Bertz CT molecular complexity index is 771. The molecule has 0 heterocycles. The van der Waals surface area contributed by atoms with Crippen LogP contribution in [0.1, 0.15) is 51.9 Å². The monoisotopic (exact) mass is 662 g/mol. The van der Waals surface area contributed by atoms with Crippen LogP contribution in [0.2, 0.25) is 0 Å². The maximum Gasteiger partial charge on any atom is 0.460 e. The van der Waals surface area contributed by atoms with E-state index >= 15 is 0 Å². The molecule has 0 nitrogen and oxygen atoms in total. The van der Waals surface area contributed by atoms with Crippen molar-refractivity contribution >= 4 is 34.8 Å². The highest BCUT2D eigenvalue weighted by atomic mass is 35.6. The average molecular weight is 664 g/mol. The molecule has 0 aromatic rings. The lowest BCUT2D eigenvalue weighted by atomic mass is 9.83. The number of unbranched alkanes of at least 4 members (excludes halogenated alkanes) is 5. The second-order valence-corrected chi connectivity index (χ2v) is 10.6. The van der Waals surface area contributed by atoms with Crippen molar-refractivity contribution in [2.75, 3.05) is 0 Å². The van der Waals surface area contributed by atoms with Crippen molar-refractivity contribution in [1.82, 2.24) is 0 Å². The first-order valence-electron chi connectivity index (χ1n) is 10.2. The Labute approximate surface area is 219 Å². The van der Waals surface area contributed by atoms with E-state index in [9.17, 15) is 74.6 Å². The number of alkyl halides is 20. The van der Waals surface area contributed by atoms with Crippen LogP contribution in [-0.4, -0.2) is 51.4 Å². The van der Waals surface area contributed by atoms with Gasteiger partial charge in [-0.1, -0.05) is 80.3 Å². The Morgan fingerprint density at radius 3 is 1.11 bits per heavy atom. The van der Waals surface area contributed by atoms with Crippen molar-refractivity contribution in [2.24, 2.45) is 5.92 Å². The molecule has 0 rings (SSSR count). The van der Waals surface area contributed by atoms with Crippen molar-refractivity contribution in [3.05, 3.63) is 0 Å². The number of rotatable bonds is 14. The van der Waals surface area contributed by atoms with Crippen LogP contribution in [0.15, 0.2) is 0 Å². The molecule has 0 spiro atoms. The first-order valence-corrected chi connectivity index (χ1v) is 11.4. The van der Waals surface area contributed by atoms with E-state index in [0.29, 0.717) is 19.3 Å². The molecule has 0 N–H and O–H groups in total. The molecule has 0 amide bonds. The Balaban J connectivity index is 6.60. The summed E-state index contributed by atoms with van der Waals surface area (Å²) in [6, 6.07) is 0. The van der Waals surface area contributed by atoms with Crippen LogP contribution in [-0.2, 0) is 0 Å². The van der Waals surface area contributed by atoms with Crippen molar-refractivity contribution in [3.8, 4) is 0 Å². The Kier molecular flexibility index (Phi) is 11.4. The second kappa shape index (κ2) is 11.5. The summed E-state index contributed by atoms with van der Waals surface area (Å²) in [5.74, 6) is -60.9. The third-order valence-corrected chi connectivity index (χ3v) is 6.22. The Hall–Kier alpha value is -0.320. The zero-order chi connectivity index (χ0) is 31.0. The molecule has 0 saturated heterocycles. The first-order chi connectivity index (χ1) is 16.4. The van der Waals surface area contributed by atoms with E-state index in [0.717, 1.165) is 0 Å². The standard InChI is InChI=1S/C18H18Cl3F17/c1-2-3-4-5-6-7-8-9(11(19,20)21)10(22,23)12(24,25)13(26,27)14(28,29)15(30,31)16(32,33)17(34,35)18(36,37)38/h9H,2-8H2,1H3. The number of hydrogen-bond donors (Lipinski definition) is 0.